The number of carbonyl (C=O) groups is 2. The number of carboxylic acid groups (broad SMARTS) is 2. The van der Waals surface area contributed by atoms with Crippen LogP contribution in [0.3, 0.4) is 0 Å². The molecule has 0 radical (unpaired) electrons. The second-order valence-corrected chi connectivity index (χ2v) is 19.3. The Morgan fingerprint density at radius 1 is 0.918 bits per heavy atom. The molecule has 12 nitrogen and oxygen atoms in total. The standard InChI is InChI=1S/C41H47N8O2S.C4H7O2.CH3.HI.Ni/c1-6-15-40-19-38(4)18-39(5,20-40)22-41(21-38,23-40)24-49-26(3)29(17-42-49)28-13-14-32(44-33(28)36(50)51)48-16-9-10-27-25(2)34(46-47-35(27)48)45-37-43-30-11-7-8-12-31(30)52-37;1-2-3-4(5)6;;;/h7-8,11-14,17H,1,6,9-10,15-16,18-24H2,2-5H3,(H,50,51)(H,43,45,46);1-3H2,(H,5,6);1H3;1H;/q3*-1;;+1/p-1. The Morgan fingerprint density at radius 3 is 2.26 bits per heavy atom. The van der Waals surface area contributed by atoms with Crippen molar-refractivity contribution in [3.63, 3.8) is 0 Å². The van der Waals surface area contributed by atoms with Gasteiger partial charge in [-0.15, -0.1) is 10.2 Å². The second-order valence-electron chi connectivity index (χ2n) is 18.3. The molecular weight excluding hydrogens is 946 g/mol. The fourth-order valence-electron chi connectivity index (χ4n) is 12.3. The summed E-state index contributed by atoms with van der Waals surface area (Å²) >= 11 is 7.20. The molecule has 3 N–H and O–H groups in total. The molecule has 2 atom stereocenters. The molecule has 5 aliphatic rings. The number of para-hydroxylation sites is 1. The molecule has 4 aromatic heterocycles. The van der Waals surface area contributed by atoms with E-state index >= 15 is 0 Å². The van der Waals surface area contributed by atoms with Crippen molar-refractivity contribution in [3.8, 4) is 11.1 Å². The molecule has 15 heteroatoms. The third-order valence-corrected chi connectivity index (χ3v) is 14.0. The summed E-state index contributed by atoms with van der Waals surface area (Å²) in [7, 11) is 0. The number of aromatic nitrogens is 6. The minimum absolute atomic E-state index is 0. The van der Waals surface area contributed by atoms with E-state index in [0.29, 0.717) is 52.2 Å². The SMILES string of the molecule is [CH2-]CCC(=O)O.[CH2-]CCC12CC3(C)CC(C)(C1)CC(Cn1ncc(-c4ccc(N5CCCc6c5nnc(Nc5nc7ccccc7s5)c6C)nc4C(=O)O)c1C)(C3)C2.[CH3-].[Ni][I]. The molecule has 1 aromatic carbocycles. The van der Waals surface area contributed by atoms with Gasteiger partial charge in [0.1, 0.15) is 5.82 Å². The summed E-state index contributed by atoms with van der Waals surface area (Å²) in [6.45, 7) is 18.3. The van der Waals surface area contributed by atoms with Crippen molar-refractivity contribution < 1.29 is 32.1 Å². The Bertz CT molecular complexity index is 2350. The molecule has 5 heterocycles. The number of carboxylic acids is 2. The van der Waals surface area contributed by atoms with Crippen LogP contribution in [0.5, 0.6) is 0 Å². The molecule has 2 unspecified atom stereocenters. The number of aliphatic carboxylic acids is 1. The van der Waals surface area contributed by atoms with Crippen molar-refractivity contribution in [3.05, 3.63) is 86.4 Å². The van der Waals surface area contributed by atoms with Crippen LogP contribution in [-0.2, 0) is 30.0 Å². The number of nitrogens with zero attached hydrogens (tertiary/aromatic N) is 7. The fourth-order valence-corrected chi connectivity index (χ4v) is 13.1. The number of pyridine rings is 1. The van der Waals surface area contributed by atoms with Gasteiger partial charge in [-0.3, -0.25) is 9.48 Å². The molecular formula is C46H57IN8NiO4S-3. The van der Waals surface area contributed by atoms with Crippen molar-refractivity contribution in [1.82, 2.24) is 29.9 Å². The molecule has 61 heavy (non-hydrogen) atoms. The van der Waals surface area contributed by atoms with Gasteiger partial charge in [-0.1, -0.05) is 43.7 Å². The molecule has 1 aliphatic heterocycles. The zero-order valence-corrected chi connectivity index (χ0v) is 39.8. The van der Waals surface area contributed by atoms with Gasteiger partial charge in [0.25, 0.3) is 0 Å². The van der Waals surface area contributed by atoms with Crippen LogP contribution in [0.4, 0.5) is 22.6 Å². The van der Waals surface area contributed by atoms with Crippen LogP contribution in [0, 0.1) is 56.8 Å². The molecule has 0 saturated heterocycles. The summed E-state index contributed by atoms with van der Waals surface area (Å²) in [6, 6.07) is 11.9. The summed E-state index contributed by atoms with van der Waals surface area (Å²) in [5.41, 5.74) is 6.77. The topological polar surface area (TPSA) is 159 Å². The monoisotopic (exact) mass is 1000 g/mol. The van der Waals surface area contributed by atoms with E-state index in [4.69, 9.17) is 20.2 Å². The van der Waals surface area contributed by atoms with E-state index in [1.54, 1.807) is 31.8 Å². The number of nitrogens with one attached hydrogen (secondary N) is 1. The van der Waals surface area contributed by atoms with Gasteiger partial charge >= 0.3 is 44.7 Å². The van der Waals surface area contributed by atoms with E-state index in [2.05, 4.69) is 80.1 Å². The van der Waals surface area contributed by atoms with E-state index in [1.165, 1.54) is 44.9 Å². The minimum atomic E-state index is -1.06. The summed E-state index contributed by atoms with van der Waals surface area (Å²) in [6.07, 6.45) is 14.1. The Morgan fingerprint density at radius 2 is 1.62 bits per heavy atom. The number of thiazole rings is 1. The Hall–Kier alpha value is -3.69. The number of halogens is 1. The number of rotatable bonds is 11. The molecule has 4 saturated carbocycles. The van der Waals surface area contributed by atoms with Gasteiger partial charge in [0.2, 0.25) is 0 Å². The maximum atomic E-state index is 12.8. The molecule has 4 bridgehead atoms. The van der Waals surface area contributed by atoms with Crippen molar-refractivity contribution >= 4 is 76.6 Å². The Kier molecular flexibility index (Phi) is 14.3. The van der Waals surface area contributed by atoms with Crippen molar-refractivity contribution in [2.24, 2.45) is 21.7 Å². The van der Waals surface area contributed by atoms with Crippen molar-refractivity contribution in [1.29, 1.82) is 0 Å². The van der Waals surface area contributed by atoms with Gasteiger partial charge in [-0.05, 0) is 111 Å². The molecule has 5 aromatic rings. The quantitative estimate of drug-likeness (QED) is 0.0657. The van der Waals surface area contributed by atoms with E-state index in [1.807, 2.05) is 41.4 Å². The van der Waals surface area contributed by atoms with E-state index in [-0.39, 0.29) is 25.0 Å². The van der Waals surface area contributed by atoms with Crippen LogP contribution in [0.25, 0.3) is 21.3 Å². The van der Waals surface area contributed by atoms with Crippen LogP contribution in [0.15, 0.2) is 42.6 Å². The van der Waals surface area contributed by atoms with Crippen molar-refractivity contribution in [2.45, 2.75) is 111 Å². The van der Waals surface area contributed by atoms with Gasteiger partial charge in [0, 0.05) is 47.5 Å². The predicted molar refractivity (Wildman–Crippen MR) is 248 cm³/mol. The number of aromatic carboxylic acids is 1. The van der Waals surface area contributed by atoms with Crippen LogP contribution < -0.4 is 10.2 Å². The van der Waals surface area contributed by atoms with Crippen molar-refractivity contribution in [2.75, 3.05) is 16.8 Å². The normalized spacial score (nSPS) is 24.5. The number of benzene rings is 1. The van der Waals surface area contributed by atoms with Crippen LogP contribution in [0.1, 0.15) is 112 Å². The van der Waals surface area contributed by atoms with Gasteiger partial charge in [0.05, 0.1) is 16.4 Å². The summed E-state index contributed by atoms with van der Waals surface area (Å²) in [5.74, 6) is 0.115. The molecule has 0 spiro atoms. The van der Waals surface area contributed by atoms with E-state index < -0.39 is 11.9 Å². The zero-order valence-electron chi connectivity index (χ0n) is 35.8. The molecule has 4 fully saturated rings. The molecule has 0 amide bonds. The van der Waals surface area contributed by atoms with Gasteiger partial charge < -0.3 is 41.7 Å². The third kappa shape index (κ3) is 9.49. The van der Waals surface area contributed by atoms with Gasteiger partial charge in [-0.2, -0.15) is 17.9 Å². The molecule has 331 valence electrons. The van der Waals surface area contributed by atoms with Crippen LogP contribution >= 0.6 is 31.8 Å². The summed E-state index contributed by atoms with van der Waals surface area (Å²) in [4.78, 5) is 33.9. The second kappa shape index (κ2) is 18.6. The third-order valence-electron chi connectivity index (χ3n) is 13.1. The van der Waals surface area contributed by atoms with Gasteiger partial charge in [0.15, 0.2) is 22.5 Å². The number of hydrogen-bond donors (Lipinski definition) is 3. The van der Waals surface area contributed by atoms with E-state index in [9.17, 15) is 14.7 Å². The first kappa shape index (κ1) is 46.8. The van der Waals surface area contributed by atoms with Gasteiger partial charge in [-0.25, -0.2) is 14.8 Å². The summed E-state index contributed by atoms with van der Waals surface area (Å²) in [5, 5.41) is 36.7. The zero-order chi connectivity index (χ0) is 43.0. The number of hydrogen-bond acceptors (Lipinski definition) is 10. The molecule has 4 aliphatic carbocycles. The average molecular weight is 1000 g/mol. The number of fused-ring (bicyclic) bond motifs is 2. The summed E-state index contributed by atoms with van der Waals surface area (Å²) < 4.78 is 3.27. The Labute approximate surface area is 383 Å². The Balaban J connectivity index is 0.000000639. The first-order valence-corrected chi connectivity index (χ1v) is 24.6. The van der Waals surface area contributed by atoms with E-state index in [0.717, 1.165) is 63.5 Å². The predicted octanol–water partition coefficient (Wildman–Crippen LogP) is 11.5. The maximum absolute atomic E-state index is 12.8. The average Bonchev–Trinajstić information content (AvgIpc) is 3.76. The van der Waals surface area contributed by atoms with Crippen LogP contribution in [0.2, 0.25) is 0 Å². The number of anilines is 4. The fraction of sp³-hybridized carbons (Fsp3) is 0.478. The van der Waals surface area contributed by atoms with Crippen LogP contribution in [-0.4, -0.2) is 58.6 Å². The molecule has 10 rings (SSSR count). The first-order chi connectivity index (χ1) is 28.7. The first-order valence-electron chi connectivity index (χ1n) is 20.6.